The van der Waals surface area contributed by atoms with E-state index >= 15 is 0 Å². The molecule has 2 heterocycles. The van der Waals surface area contributed by atoms with Crippen molar-refractivity contribution in [1.29, 1.82) is 0 Å². The minimum atomic E-state index is -0.421. The Morgan fingerprint density at radius 2 is 2.00 bits per heavy atom. The van der Waals surface area contributed by atoms with Gasteiger partial charge in [-0.25, -0.2) is 10.2 Å². The van der Waals surface area contributed by atoms with Crippen LogP contribution in [0.2, 0.25) is 0 Å². The predicted molar refractivity (Wildman–Crippen MR) is 100 cm³/mol. The van der Waals surface area contributed by atoms with Crippen molar-refractivity contribution in [2.45, 2.75) is 13.8 Å². The molecular weight excluding hydrogens is 346 g/mol. The van der Waals surface area contributed by atoms with Crippen LogP contribution in [0.25, 0.3) is 5.69 Å². The number of aromatic nitrogens is 1. The van der Waals surface area contributed by atoms with E-state index in [0.717, 1.165) is 22.6 Å². The zero-order chi connectivity index (χ0) is 19.4. The van der Waals surface area contributed by atoms with Gasteiger partial charge in [-0.15, -0.1) is 0 Å². The second kappa shape index (κ2) is 7.74. The second-order valence-corrected chi connectivity index (χ2v) is 5.88. The van der Waals surface area contributed by atoms with Crippen molar-refractivity contribution in [1.82, 2.24) is 9.99 Å². The first-order valence-electron chi connectivity index (χ1n) is 8.26. The first kappa shape index (κ1) is 18.2. The molecule has 0 saturated carbocycles. The molecule has 7 heteroatoms. The fourth-order valence-corrected chi connectivity index (χ4v) is 2.83. The quantitative estimate of drug-likeness (QED) is 0.427. The summed E-state index contributed by atoms with van der Waals surface area (Å²) in [5, 5.41) is 3.99. The molecule has 1 aromatic carbocycles. The highest BCUT2D eigenvalue weighted by atomic mass is 16.5. The summed E-state index contributed by atoms with van der Waals surface area (Å²) in [4.78, 5) is 23.6. The first-order valence-corrected chi connectivity index (χ1v) is 8.26. The van der Waals surface area contributed by atoms with Crippen LogP contribution in [-0.2, 0) is 4.74 Å². The largest absolute Gasteiger partial charge is 0.465 e. The number of carbonyl (C=O) groups excluding carboxylic acids is 2. The van der Waals surface area contributed by atoms with Crippen molar-refractivity contribution >= 4 is 18.1 Å². The number of benzene rings is 1. The van der Waals surface area contributed by atoms with Crippen LogP contribution in [0.1, 0.15) is 37.9 Å². The molecule has 7 nitrogen and oxygen atoms in total. The number of hydrogen-bond acceptors (Lipinski definition) is 5. The number of aryl methyl sites for hydroxylation is 1. The molecule has 0 radical (unpaired) electrons. The van der Waals surface area contributed by atoms with Crippen LogP contribution in [0.15, 0.2) is 58.2 Å². The molecule has 0 fully saturated rings. The third kappa shape index (κ3) is 3.82. The molecule has 27 heavy (non-hydrogen) atoms. The Labute approximate surface area is 156 Å². The third-order valence-corrected chi connectivity index (χ3v) is 4.11. The zero-order valence-electron chi connectivity index (χ0n) is 15.2. The fraction of sp³-hybridized carbons (Fsp3) is 0.150. The average molecular weight is 365 g/mol. The maximum atomic E-state index is 11.8. The number of hydrazone groups is 1. The summed E-state index contributed by atoms with van der Waals surface area (Å²) in [5.41, 5.74) is 6.47. The van der Waals surface area contributed by atoms with Crippen LogP contribution in [0.5, 0.6) is 0 Å². The molecular formula is C20H19N3O4. The highest BCUT2D eigenvalue weighted by Crippen LogP contribution is 2.21. The molecule has 138 valence electrons. The van der Waals surface area contributed by atoms with Gasteiger partial charge in [0.1, 0.15) is 0 Å². The molecule has 0 aliphatic rings. The van der Waals surface area contributed by atoms with E-state index in [1.807, 2.05) is 30.5 Å². The van der Waals surface area contributed by atoms with Crippen LogP contribution in [0.4, 0.5) is 0 Å². The van der Waals surface area contributed by atoms with E-state index in [9.17, 15) is 9.59 Å². The number of ether oxygens (including phenoxy) is 1. The van der Waals surface area contributed by atoms with Gasteiger partial charge in [0.25, 0.3) is 0 Å². The molecule has 0 aliphatic heterocycles. The Hall–Kier alpha value is -3.61. The number of amides is 1. The van der Waals surface area contributed by atoms with Gasteiger partial charge in [0, 0.05) is 22.6 Å². The minimum Gasteiger partial charge on any atom is -0.465 e. The lowest BCUT2D eigenvalue weighted by molar-refractivity contribution is 0.0600. The van der Waals surface area contributed by atoms with Crippen molar-refractivity contribution < 1.29 is 18.7 Å². The molecule has 0 aliphatic carbocycles. The summed E-state index contributed by atoms with van der Waals surface area (Å²) in [6.07, 6.45) is 3.00. The molecule has 3 aromatic rings. The van der Waals surface area contributed by atoms with E-state index in [2.05, 4.69) is 10.5 Å². The summed E-state index contributed by atoms with van der Waals surface area (Å²) >= 11 is 0. The van der Waals surface area contributed by atoms with Gasteiger partial charge in [-0.1, -0.05) is 6.07 Å². The van der Waals surface area contributed by atoms with E-state index in [4.69, 9.17) is 9.15 Å². The zero-order valence-corrected chi connectivity index (χ0v) is 15.2. The molecule has 2 aromatic heterocycles. The van der Waals surface area contributed by atoms with Gasteiger partial charge in [-0.3, -0.25) is 4.79 Å². The van der Waals surface area contributed by atoms with Gasteiger partial charge >= 0.3 is 11.9 Å². The smallest absolute Gasteiger partial charge is 0.337 e. The number of rotatable bonds is 5. The van der Waals surface area contributed by atoms with Crippen LogP contribution >= 0.6 is 0 Å². The highest BCUT2D eigenvalue weighted by Gasteiger charge is 2.12. The number of methoxy groups -OCH3 is 1. The average Bonchev–Trinajstić information content (AvgIpc) is 3.30. The van der Waals surface area contributed by atoms with E-state index in [1.165, 1.54) is 13.4 Å². The van der Waals surface area contributed by atoms with Crippen LogP contribution in [-0.4, -0.2) is 29.8 Å². The van der Waals surface area contributed by atoms with Gasteiger partial charge in [0.15, 0.2) is 5.76 Å². The molecule has 1 amide bonds. The summed E-state index contributed by atoms with van der Waals surface area (Å²) in [6, 6.07) is 12.3. The topological polar surface area (TPSA) is 85.8 Å². The maximum absolute atomic E-state index is 11.8. The number of nitrogens with one attached hydrogen (secondary N) is 1. The molecule has 0 bridgehead atoms. The number of furan rings is 1. The SMILES string of the molecule is COC(=O)c1cccc(-n2c(C)cc(/C=N\NC(=O)c3ccco3)c2C)c1. The van der Waals surface area contributed by atoms with E-state index in [1.54, 1.807) is 36.5 Å². The van der Waals surface area contributed by atoms with Crippen LogP contribution in [0.3, 0.4) is 0 Å². The summed E-state index contributed by atoms with van der Waals surface area (Å²) in [5.74, 6) is -0.616. The molecule has 0 saturated heterocycles. The van der Waals surface area contributed by atoms with Crippen molar-refractivity contribution in [3.63, 3.8) is 0 Å². The van der Waals surface area contributed by atoms with Crippen molar-refractivity contribution in [3.8, 4) is 5.69 Å². The Morgan fingerprint density at radius 1 is 1.19 bits per heavy atom. The van der Waals surface area contributed by atoms with Gasteiger partial charge < -0.3 is 13.7 Å². The van der Waals surface area contributed by atoms with Gasteiger partial charge in [-0.05, 0) is 50.2 Å². The van der Waals surface area contributed by atoms with Crippen LogP contribution in [0, 0.1) is 13.8 Å². The van der Waals surface area contributed by atoms with Gasteiger partial charge in [-0.2, -0.15) is 5.10 Å². The lowest BCUT2D eigenvalue weighted by Crippen LogP contribution is -2.16. The predicted octanol–water partition coefficient (Wildman–Crippen LogP) is 3.24. The van der Waals surface area contributed by atoms with Crippen LogP contribution < -0.4 is 5.43 Å². The second-order valence-electron chi connectivity index (χ2n) is 5.88. The Bertz CT molecular complexity index is 1000. The van der Waals surface area contributed by atoms with Crippen molar-refractivity contribution in [2.24, 2.45) is 5.10 Å². The standard InChI is InChI=1S/C20H19N3O4/c1-13-10-16(12-21-22-19(24)18-8-5-9-27-18)14(2)23(13)17-7-4-6-15(11-17)20(25)26-3/h4-12H,1-3H3,(H,22,24)/b21-12-. The lowest BCUT2D eigenvalue weighted by atomic mass is 10.2. The number of carbonyl (C=O) groups is 2. The monoisotopic (exact) mass is 365 g/mol. The first-order chi connectivity index (χ1) is 13.0. The molecule has 3 rings (SSSR count). The molecule has 0 spiro atoms. The molecule has 0 unspecified atom stereocenters. The highest BCUT2D eigenvalue weighted by molar-refractivity contribution is 5.92. The van der Waals surface area contributed by atoms with Crippen molar-refractivity contribution in [2.75, 3.05) is 7.11 Å². The minimum absolute atomic E-state index is 0.192. The molecule has 1 N–H and O–H groups in total. The molecule has 0 atom stereocenters. The maximum Gasteiger partial charge on any atom is 0.337 e. The Kier molecular flexibility index (Phi) is 5.21. The van der Waals surface area contributed by atoms with Gasteiger partial charge in [0.05, 0.1) is 25.2 Å². The normalized spacial score (nSPS) is 10.9. The summed E-state index contributed by atoms with van der Waals surface area (Å²) in [6.45, 7) is 3.89. The Morgan fingerprint density at radius 3 is 2.70 bits per heavy atom. The lowest BCUT2D eigenvalue weighted by Gasteiger charge is -2.10. The van der Waals surface area contributed by atoms with E-state index in [-0.39, 0.29) is 11.7 Å². The third-order valence-electron chi connectivity index (χ3n) is 4.11. The Balaban J connectivity index is 1.84. The summed E-state index contributed by atoms with van der Waals surface area (Å²) in [7, 11) is 1.35. The number of hydrogen-bond donors (Lipinski definition) is 1. The number of esters is 1. The fourth-order valence-electron chi connectivity index (χ4n) is 2.83. The summed E-state index contributed by atoms with van der Waals surface area (Å²) < 4.78 is 11.8. The van der Waals surface area contributed by atoms with E-state index < -0.39 is 5.91 Å². The van der Waals surface area contributed by atoms with E-state index in [0.29, 0.717) is 5.56 Å². The number of nitrogens with zero attached hydrogens (tertiary/aromatic N) is 2. The van der Waals surface area contributed by atoms with Gasteiger partial charge in [0.2, 0.25) is 0 Å². The van der Waals surface area contributed by atoms with Crippen molar-refractivity contribution in [3.05, 3.63) is 77.0 Å².